The van der Waals surface area contributed by atoms with Gasteiger partial charge in [0.25, 0.3) is 0 Å². The molecule has 0 aliphatic carbocycles. The highest BCUT2D eigenvalue weighted by Crippen LogP contribution is 2.36. The normalized spacial score (nSPS) is 12.0. The van der Waals surface area contributed by atoms with Crippen LogP contribution in [0, 0.1) is 12.7 Å². The average Bonchev–Trinajstić information content (AvgIpc) is 2.85. The molecule has 0 saturated carbocycles. The monoisotopic (exact) mass is 510 g/mol. The minimum Gasteiger partial charge on any atom is -0.382 e. The lowest BCUT2D eigenvalue weighted by Crippen LogP contribution is -2.19. The van der Waals surface area contributed by atoms with Crippen LogP contribution in [0.25, 0.3) is 22.0 Å². The first-order valence-corrected chi connectivity index (χ1v) is 11.6. The fourth-order valence-corrected chi connectivity index (χ4v) is 3.83. The lowest BCUT2D eigenvalue weighted by atomic mass is 10.0. The third kappa shape index (κ3) is 6.10. The minimum absolute atomic E-state index is 0.250. The number of aromatic nitrogens is 4. The molecular weight excluding hydrogens is 483 g/mol. The van der Waals surface area contributed by atoms with Crippen LogP contribution in [0.3, 0.4) is 0 Å². The average molecular weight is 511 g/mol. The smallest absolute Gasteiger partial charge is 0.204 e. The highest BCUT2D eigenvalue weighted by atomic mass is 35.5. The van der Waals surface area contributed by atoms with Gasteiger partial charge >= 0.3 is 0 Å². The van der Waals surface area contributed by atoms with Crippen molar-refractivity contribution in [3.05, 3.63) is 77.0 Å². The molecule has 10 heteroatoms. The molecule has 3 heterocycles. The van der Waals surface area contributed by atoms with Gasteiger partial charge in [-0.15, -0.1) is 0 Å². The molecule has 1 atom stereocenters. The zero-order chi connectivity index (χ0) is 26.5. The molecule has 1 amide bonds. The Kier molecular flexibility index (Phi) is 8.49. The summed E-state index contributed by atoms with van der Waals surface area (Å²) in [6.45, 7) is 7.08. The second-order valence-corrected chi connectivity index (χ2v) is 9.04. The fourth-order valence-electron chi connectivity index (χ4n) is 3.63. The summed E-state index contributed by atoms with van der Waals surface area (Å²) in [6, 6.07) is 8.48. The number of rotatable bonds is 6. The summed E-state index contributed by atoms with van der Waals surface area (Å²) in [6.07, 6.45) is 5.79. The number of aliphatic hydroxyl groups is 1. The first-order chi connectivity index (χ1) is 17.1. The van der Waals surface area contributed by atoms with Crippen molar-refractivity contribution in [2.24, 2.45) is 5.73 Å². The number of nitrogens with zero attached hydrogens (tertiary/aromatic N) is 4. The number of hydrogen-bond acceptors (Lipinski definition) is 7. The van der Waals surface area contributed by atoms with Crippen molar-refractivity contribution >= 4 is 34.6 Å². The highest BCUT2D eigenvalue weighted by Gasteiger charge is 2.21. The summed E-state index contributed by atoms with van der Waals surface area (Å²) in [5.74, 6) is -0.0169. The van der Waals surface area contributed by atoms with Gasteiger partial charge in [-0.05, 0) is 57.0 Å². The van der Waals surface area contributed by atoms with Gasteiger partial charge in [0.05, 0.1) is 28.0 Å². The van der Waals surface area contributed by atoms with Crippen LogP contribution in [0.15, 0.2) is 48.9 Å². The molecule has 0 saturated heterocycles. The number of carbonyl (C=O) groups excluding carboxylic acids is 1. The topological polar surface area (TPSA) is 127 Å². The Labute approximate surface area is 213 Å². The number of benzene rings is 1. The van der Waals surface area contributed by atoms with Gasteiger partial charge in [0.2, 0.25) is 6.41 Å². The number of hydrogen-bond donors (Lipinski definition) is 3. The number of pyridine rings is 2. The van der Waals surface area contributed by atoms with E-state index < -0.39 is 5.60 Å². The maximum Gasteiger partial charge on any atom is 0.204 e. The molecule has 4 N–H and O–H groups in total. The number of halogens is 2. The SMILES string of the molecule is CCC(Nc1c(Cl)cnc2ccc(-c3cnc(C(C)(C)O)nc3)cc12)c1nc(C)ccc1F.NC=O. The number of anilines is 1. The summed E-state index contributed by atoms with van der Waals surface area (Å²) in [4.78, 5) is 26.0. The molecule has 0 aliphatic heterocycles. The van der Waals surface area contributed by atoms with Crippen LogP contribution in [-0.4, -0.2) is 31.5 Å². The van der Waals surface area contributed by atoms with Crippen LogP contribution in [0.1, 0.15) is 50.4 Å². The Bertz CT molecular complexity index is 1360. The number of primary amides is 1. The van der Waals surface area contributed by atoms with Gasteiger partial charge in [-0.25, -0.2) is 14.4 Å². The van der Waals surface area contributed by atoms with Gasteiger partial charge in [0.1, 0.15) is 11.4 Å². The van der Waals surface area contributed by atoms with Crippen molar-refractivity contribution < 1.29 is 14.3 Å². The van der Waals surface area contributed by atoms with E-state index in [4.69, 9.17) is 16.4 Å². The van der Waals surface area contributed by atoms with E-state index in [-0.39, 0.29) is 18.3 Å². The maximum absolute atomic E-state index is 14.5. The van der Waals surface area contributed by atoms with Crippen molar-refractivity contribution in [3.8, 4) is 11.1 Å². The summed E-state index contributed by atoms with van der Waals surface area (Å²) in [7, 11) is 0. The summed E-state index contributed by atoms with van der Waals surface area (Å²) >= 11 is 6.54. The van der Waals surface area contributed by atoms with E-state index in [2.05, 4.69) is 31.0 Å². The van der Waals surface area contributed by atoms with Crippen molar-refractivity contribution in [1.82, 2.24) is 19.9 Å². The second-order valence-electron chi connectivity index (χ2n) is 8.63. The van der Waals surface area contributed by atoms with E-state index in [1.807, 2.05) is 32.0 Å². The molecule has 8 nitrogen and oxygen atoms in total. The Morgan fingerprint density at radius 1 is 1.14 bits per heavy atom. The van der Waals surface area contributed by atoms with Crippen LogP contribution < -0.4 is 11.1 Å². The Morgan fingerprint density at radius 3 is 2.42 bits per heavy atom. The summed E-state index contributed by atoms with van der Waals surface area (Å²) in [5, 5.41) is 14.7. The van der Waals surface area contributed by atoms with Crippen molar-refractivity contribution in [2.45, 2.75) is 45.8 Å². The Hall–Kier alpha value is -3.69. The minimum atomic E-state index is -1.12. The predicted molar refractivity (Wildman–Crippen MR) is 139 cm³/mol. The van der Waals surface area contributed by atoms with Crippen LogP contribution in [-0.2, 0) is 10.4 Å². The predicted octanol–water partition coefficient (Wildman–Crippen LogP) is 5.08. The molecule has 1 aromatic carbocycles. The van der Waals surface area contributed by atoms with E-state index in [9.17, 15) is 9.50 Å². The van der Waals surface area contributed by atoms with Gasteiger partial charge in [0.15, 0.2) is 5.82 Å². The van der Waals surface area contributed by atoms with Gasteiger partial charge in [-0.2, -0.15) is 0 Å². The molecule has 36 heavy (non-hydrogen) atoms. The number of nitrogens with two attached hydrogens (primary N) is 1. The number of amides is 1. The molecule has 0 bridgehead atoms. The molecule has 1 unspecified atom stereocenters. The molecule has 0 aliphatic rings. The van der Waals surface area contributed by atoms with Crippen molar-refractivity contribution in [2.75, 3.05) is 5.32 Å². The molecule has 4 rings (SSSR count). The highest BCUT2D eigenvalue weighted by molar-refractivity contribution is 6.34. The van der Waals surface area contributed by atoms with Gasteiger partial charge in [-0.1, -0.05) is 24.6 Å². The van der Waals surface area contributed by atoms with Crippen molar-refractivity contribution in [1.29, 1.82) is 0 Å². The Balaban J connectivity index is 0.00000115. The number of fused-ring (bicyclic) bond motifs is 1. The van der Waals surface area contributed by atoms with E-state index in [0.717, 1.165) is 27.7 Å². The lowest BCUT2D eigenvalue weighted by molar-refractivity contribution is -0.106. The van der Waals surface area contributed by atoms with Crippen LogP contribution in [0.2, 0.25) is 5.02 Å². The quantitative estimate of drug-likeness (QED) is 0.309. The summed E-state index contributed by atoms with van der Waals surface area (Å²) in [5.41, 5.74) is 7.20. The largest absolute Gasteiger partial charge is 0.382 e. The first-order valence-electron chi connectivity index (χ1n) is 11.3. The van der Waals surface area contributed by atoms with Gasteiger partial charge < -0.3 is 16.2 Å². The van der Waals surface area contributed by atoms with Crippen LogP contribution in [0.5, 0.6) is 0 Å². The van der Waals surface area contributed by atoms with Gasteiger partial charge in [0, 0.05) is 35.2 Å². The van der Waals surface area contributed by atoms with E-state index in [0.29, 0.717) is 28.6 Å². The number of nitrogens with one attached hydrogen (secondary N) is 1. The molecule has 0 radical (unpaired) electrons. The number of aryl methyl sites for hydroxylation is 1. The maximum atomic E-state index is 14.5. The molecule has 3 aromatic heterocycles. The van der Waals surface area contributed by atoms with E-state index in [1.54, 1.807) is 38.5 Å². The zero-order valence-electron chi connectivity index (χ0n) is 20.5. The molecule has 4 aromatic rings. The third-order valence-corrected chi connectivity index (χ3v) is 5.71. The van der Waals surface area contributed by atoms with Gasteiger partial charge in [-0.3, -0.25) is 14.8 Å². The zero-order valence-corrected chi connectivity index (χ0v) is 21.2. The number of carbonyl (C=O) groups is 1. The third-order valence-electron chi connectivity index (χ3n) is 5.42. The molecular formula is C26H28ClFN6O2. The van der Waals surface area contributed by atoms with Crippen LogP contribution in [0.4, 0.5) is 10.1 Å². The molecule has 188 valence electrons. The first kappa shape index (κ1) is 26.9. The lowest BCUT2D eigenvalue weighted by Gasteiger charge is -2.21. The fraction of sp³-hybridized carbons (Fsp3) is 0.269. The van der Waals surface area contributed by atoms with Crippen LogP contribution >= 0.6 is 11.6 Å². The van der Waals surface area contributed by atoms with E-state index >= 15 is 0 Å². The van der Waals surface area contributed by atoms with Crippen molar-refractivity contribution in [3.63, 3.8) is 0 Å². The second kappa shape index (κ2) is 11.4. The Morgan fingerprint density at radius 2 is 1.81 bits per heavy atom. The molecule has 0 spiro atoms. The standard InChI is InChI=1S/C25H25ClFN5O.CH3NO/c1-5-20(23-19(27)8-6-14(2)31-23)32-22-17-10-15(7-9-21(17)28-13-18(22)26)16-11-29-24(30-12-16)25(3,4)33;2-1-3/h6-13,20,33H,5H2,1-4H3,(H,28,32);1H,(H2,2,3). The summed E-state index contributed by atoms with van der Waals surface area (Å²) < 4.78 is 14.5. The molecule has 0 fully saturated rings. The van der Waals surface area contributed by atoms with E-state index in [1.165, 1.54) is 6.07 Å².